The second-order valence-electron chi connectivity index (χ2n) is 9.10. The zero-order valence-electron chi connectivity index (χ0n) is 22.5. The van der Waals surface area contributed by atoms with Gasteiger partial charge in [0.25, 0.3) is 11.8 Å². The summed E-state index contributed by atoms with van der Waals surface area (Å²) in [6, 6.07) is 27.2. The highest BCUT2D eigenvalue weighted by Crippen LogP contribution is 2.25. The fraction of sp³-hybridized carbons (Fsp3) is 0.0625. The Morgan fingerprint density at radius 2 is 1.67 bits per heavy atom. The van der Waals surface area contributed by atoms with Gasteiger partial charge in [0, 0.05) is 39.4 Å². The number of carbonyl (C=O) groups excluding carboxylic acids is 3. The van der Waals surface area contributed by atoms with Crippen molar-refractivity contribution in [3.63, 3.8) is 0 Å². The van der Waals surface area contributed by atoms with Crippen molar-refractivity contribution in [3.05, 3.63) is 125 Å². The number of hydrogen-bond donors (Lipinski definition) is 3. The Balaban J connectivity index is 1.28. The molecule has 0 atom stereocenters. The first-order valence-electron chi connectivity index (χ1n) is 12.9. The molecular weight excluding hydrogens is 569 g/mol. The average Bonchev–Trinajstić information content (AvgIpc) is 3.70. The number of amides is 3. The summed E-state index contributed by atoms with van der Waals surface area (Å²) in [6.07, 6.45) is 3.13. The number of benzene rings is 3. The second kappa shape index (κ2) is 13.6. The molecule has 0 bridgehead atoms. The summed E-state index contributed by atoms with van der Waals surface area (Å²) in [5.74, 6) is 0.175. The molecule has 2 heterocycles. The number of rotatable bonds is 10. The summed E-state index contributed by atoms with van der Waals surface area (Å²) in [4.78, 5) is 43.3. The molecule has 10 heteroatoms. The van der Waals surface area contributed by atoms with Gasteiger partial charge >= 0.3 is 0 Å². The fourth-order valence-electron chi connectivity index (χ4n) is 3.81. The number of nitrogens with zero attached hydrogens (tertiary/aromatic N) is 1. The molecule has 2 aromatic heterocycles. The molecule has 0 aliphatic heterocycles. The van der Waals surface area contributed by atoms with Gasteiger partial charge in [-0.3, -0.25) is 14.4 Å². The predicted molar refractivity (Wildman–Crippen MR) is 167 cm³/mol. The maximum atomic E-state index is 13.4. The highest BCUT2D eigenvalue weighted by molar-refractivity contribution is 8.00. The molecule has 3 N–H and O–H groups in total. The molecule has 3 amide bonds. The van der Waals surface area contributed by atoms with E-state index in [0.29, 0.717) is 27.9 Å². The van der Waals surface area contributed by atoms with E-state index in [1.807, 2.05) is 55.5 Å². The van der Waals surface area contributed by atoms with Crippen LogP contribution in [-0.4, -0.2) is 28.5 Å². The Morgan fingerprint density at radius 3 is 2.38 bits per heavy atom. The van der Waals surface area contributed by atoms with Crippen molar-refractivity contribution < 1.29 is 18.8 Å². The van der Waals surface area contributed by atoms with E-state index in [2.05, 4.69) is 20.9 Å². The van der Waals surface area contributed by atoms with Gasteiger partial charge in [0.1, 0.15) is 17.2 Å². The fourth-order valence-corrected chi connectivity index (χ4v) is 5.05. The van der Waals surface area contributed by atoms with Gasteiger partial charge < -0.3 is 20.4 Å². The van der Waals surface area contributed by atoms with Crippen molar-refractivity contribution in [3.8, 4) is 11.3 Å². The summed E-state index contributed by atoms with van der Waals surface area (Å²) in [6.45, 7) is 2.01. The Morgan fingerprint density at radius 1 is 0.905 bits per heavy atom. The van der Waals surface area contributed by atoms with Gasteiger partial charge in [0.05, 0.1) is 5.75 Å². The van der Waals surface area contributed by atoms with Crippen LogP contribution in [-0.2, 0) is 9.59 Å². The van der Waals surface area contributed by atoms with Gasteiger partial charge in [-0.05, 0) is 55.5 Å². The van der Waals surface area contributed by atoms with E-state index >= 15 is 0 Å². The molecule has 42 heavy (non-hydrogen) atoms. The highest BCUT2D eigenvalue weighted by Gasteiger charge is 2.16. The van der Waals surface area contributed by atoms with Crippen LogP contribution in [0.1, 0.15) is 21.7 Å². The van der Waals surface area contributed by atoms with Crippen LogP contribution < -0.4 is 16.0 Å². The van der Waals surface area contributed by atoms with Crippen molar-refractivity contribution in [2.24, 2.45) is 0 Å². The van der Waals surface area contributed by atoms with E-state index in [1.54, 1.807) is 54.0 Å². The molecule has 0 unspecified atom stereocenters. The number of aromatic nitrogens is 1. The molecule has 5 rings (SSSR count). The smallest absolute Gasteiger partial charge is 0.272 e. The molecule has 3 aromatic carbocycles. The topological polar surface area (TPSA) is 113 Å². The molecule has 0 aliphatic rings. The van der Waals surface area contributed by atoms with E-state index < -0.39 is 11.8 Å². The standard InChI is InChI=1S/C32H26N4O4S2/c1-21-7-9-22(10-8-21)28-16-13-25(40-28)19-27(35-30(38)23-5-3-2-4-6-23)31(39)34-24-11-14-26(15-12-24)42-20-29(37)36-32-33-17-18-41-32/h2-19H,20H2,1H3,(H,34,39)(H,35,38)(H,33,36,37)/b27-19-. The van der Waals surface area contributed by atoms with Gasteiger partial charge in [-0.25, -0.2) is 4.98 Å². The SMILES string of the molecule is Cc1ccc(-c2ccc(/C=C(\NC(=O)c3ccccc3)C(=O)Nc3ccc(SCC(=O)Nc4nccs4)cc3)o2)cc1. The summed E-state index contributed by atoms with van der Waals surface area (Å²) in [7, 11) is 0. The third-order valence-corrected chi connectivity index (χ3v) is 7.64. The first kappa shape index (κ1) is 28.6. The normalized spacial score (nSPS) is 11.1. The van der Waals surface area contributed by atoms with Gasteiger partial charge in [0.15, 0.2) is 5.13 Å². The first-order chi connectivity index (χ1) is 20.4. The number of thiazole rings is 1. The molecule has 0 saturated carbocycles. The lowest BCUT2D eigenvalue weighted by molar-refractivity contribution is -0.114. The van der Waals surface area contributed by atoms with Crippen LogP contribution in [0.4, 0.5) is 10.8 Å². The minimum Gasteiger partial charge on any atom is -0.457 e. The van der Waals surface area contributed by atoms with Crippen LogP contribution in [0.5, 0.6) is 0 Å². The van der Waals surface area contributed by atoms with E-state index in [4.69, 9.17) is 4.42 Å². The minimum absolute atomic E-state index is 0.0194. The largest absolute Gasteiger partial charge is 0.457 e. The van der Waals surface area contributed by atoms with E-state index in [0.717, 1.165) is 16.0 Å². The Hall–Kier alpha value is -4.93. The Kier molecular flexibility index (Phi) is 9.27. The number of carbonyl (C=O) groups is 3. The number of nitrogens with one attached hydrogen (secondary N) is 3. The first-order valence-corrected chi connectivity index (χ1v) is 14.8. The van der Waals surface area contributed by atoms with Crippen LogP contribution in [0.3, 0.4) is 0 Å². The summed E-state index contributed by atoms with van der Waals surface area (Å²) < 4.78 is 5.98. The third kappa shape index (κ3) is 7.84. The number of aryl methyl sites for hydroxylation is 1. The zero-order chi connectivity index (χ0) is 29.3. The van der Waals surface area contributed by atoms with Crippen LogP contribution in [0.15, 0.2) is 118 Å². The number of thioether (sulfide) groups is 1. The van der Waals surface area contributed by atoms with Gasteiger partial charge in [-0.1, -0.05) is 48.0 Å². The summed E-state index contributed by atoms with van der Waals surface area (Å²) >= 11 is 2.72. The summed E-state index contributed by atoms with van der Waals surface area (Å²) in [5.41, 5.74) is 2.99. The number of furan rings is 1. The molecule has 0 spiro atoms. The lowest BCUT2D eigenvalue weighted by Crippen LogP contribution is -2.30. The van der Waals surface area contributed by atoms with Crippen molar-refractivity contribution in [1.29, 1.82) is 0 Å². The lowest BCUT2D eigenvalue weighted by atomic mass is 10.1. The molecule has 0 aliphatic carbocycles. The Labute approximate surface area is 250 Å². The van der Waals surface area contributed by atoms with Crippen molar-refractivity contribution in [1.82, 2.24) is 10.3 Å². The quantitative estimate of drug-likeness (QED) is 0.120. The molecule has 5 aromatic rings. The molecule has 8 nitrogen and oxygen atoms in total. The Bertz CT molecular complexity index is 1700. The number of hydrogen-bond acceptors (Lipinski definition) is 7. The van der Waals surface area contributed by atoms with Crippen molar-refractivity contribution in [2.75, 3.05) is 16.4 Å². The van der Waals surface area contributed by atoms with Crippen LogP contribution in [0, 0.1) is 6.92 Å². The van der Waals surface area contributed by atoms with Crippen LogP contribution in [0.25, 0.3) is 17.4 Å². The molecule has 0 fully saturated rings. The maximum Gasteiger partial charge on any atom is 0.272 e. The second-order valence-corrected chi connectivity index (χ2v) is 11.0. The molecule has 210 valence electrons. The van der Waals surface area contributed by atoms with E-state index in [1.165, 1.54) is 29.2 Å². The monoisotopic (exact) mass is 594 g/mol. The van der Waals surface area contributed by atoms with Crippen LogP contribution in [0.2, 0.25) is 0 Å². The van der Waals surface area contributed by atoms with E-state index in [-0.39, 0.29) is 17.4 Å². The van der Waals surface area contributed by atoms with Gasteiger partial charge in [-0.15, -0.1) is 23.1 Å². The maximum absolute atomic E-state index is 13.4. The zero-order valence-corrected chi connectivity index (χ0v) is 24.1. The van der Waals surface area contributed by atoms with Gasteiger partial charge in [-0.2, -0.15) is 0 Å². The molecule has 0 saturated heterocycles. The average molecular weight is 595 g/mol. The van der Waals surface area contributed by atoms with Crippen LogP contribution >= 0.6 is 23.1 Å². The third-order valence-electron chi connectivity index (χ3n) is 5.94. The predicted octanol–water partition coefficient (Wildman–Crippen LogP) is 6.85. The molecular formula is C32H26N4O4S2. The van der Waals surface area contributed by atoms with E-state index in [9.17, 15) is 14.4 Å². The van der Waals surface area contributed by atoms with Crippen molar-refractivity contribution >= 4 is 57.7 Å². The van der Waals surface area contributed by atoms with Gasteiger partial charge in [0.2, 0.25) is 5.91 Å². The molecule has 0 radical (unpaired) electrons. The highest BCUT2D eigenvalue weighted by atomic mass is 32.2. The lowest BCUT2D eigenvalue weighted by Gasteiger charge is -2.11. The van der Waals surface area contributed by atoms with Crippen molar-refractivity contribution in [2.45, 2.75) is 11.8 Å². The minimum atomic E-state index is -0.518. The summed E-state index contributed by atoms with van der Waals surface area (Å²) in [5, 5.41) is 10.6. The number of anilines is 2.